The highest BCUT2D eigenvalue weighted by molar-refractivity contribution is 5.87. The minimum atomic E-state index is -0.773. The number of benzene rings is 2. The van der Waals surface area contributed by atoms with Gasteiger partial charge in [-0.3, -0.25) is 4.79 Å². The fraction of sp³-hybridized carbons (Fsp3) is 0.350. The van der Waals surface area contributed by atoms with Crippen LogP contribution in [0.5, 0.6) is 0 Å². The van der Waals surface area contributed by atoms with Gasteiger partial charge in [-0.05, 0) is 37.0 Å². The predicted octanol–water partition coefficient (Wildman–Crippen LogP) is 4.54. The Bertz CT molecular complexity index is 677. The zero-order valence-corrected chi connectivity index (χ0v) is 14.2. The number of hydrogen-bond acceptors (Lipinski definition) is 1. The lowest BCUT2D eigenvalue weighted by molar-refractivity contribution is -0.125. The standard InChI is InChI=1S/C20H24FNO/c1-14(2)13-22-19(23)20(3,4)16-10-11-17(18(21)12-16)15-8-6-5-7-9-15/h5-12,14H,13H2,1-4H3,(H,22,23). The van der Waals surface area contributed by atoms with Gasteiger partial charge in [-0.1, -0.05) is 56.3 Å². The zero-order valence-electron chi connectivity index (χ0n) is 14.2. The van der Waals surface area contributed by atoms with Crippen LogP contribution in [0, 0.1) is 11.7 Å². The van der Waals surface area contributed by atoms with Gasteiger partial charge in [0.05, 0.1) is 5.41 Å². The molecular weight excluding hydrogens is 289 g/mol. The van der Waals surface area contributed by atoms with Gasteiger partial charge >= 0.3 is 0 Å². The van der Waals surface area contributed by atoms with Crippen LogP contribution in [-0.4, -0.2) is 12.5 Å². The molecule has 0 aliphatic carbocycles. The van der Waals surface area contributed by atoms with Crippen molar-refractivity contribution in [2.45, 2.75) is 33.1 Å². The third-order valence-corrected chi connectivity index (χ3v) is 4.01. The monoisotopic (exact) mass is 313 g/mol. The topological polar surface area (TPSA) is 29.1 Å². The molecule has 23 heavy (non-hydrogen) atoms. The van der Waals surface area contributed by atoms with Gasteiger partial charge in [0.2, 0.25) is 5.91 Å². The molecule has 0 saturated heterocycles. The number of amides is 1. The molecule has 0 heterocycles. The Balaban J connectivity index is 2.27. The molecule has 0 aromatic heterocycles. The highest BCUT2D eigenvalue weighted by Crippen LogP contribution is 2.29. The Morgan fingerprint density at radius 2 is 1.78 bits per heavy atom. The van der Waals surface area contributed by atoms with Crippen LogP contribution >= 0.6 is 0 Å². The second-order valence-electron chi connectivity index (χ2n) is 6.79. The van der Waals surface area contributed by atoms with E-state index < -0.39 is 5.41 Å². The van der Waals surface area contributed by atoms with Crippen molar-refractivity contribution in [2.75, 3.05) is 6.54 Å². The second kappa shape index (κ2) is 6.95. The van der Waals surface area contributed by atoms with E-state index in [4.69, 9.17) is 0 Å². The number of carbonyl (C=O) groups excluding carboxylic acids is 1. The maximum absolute atomic E-state index is 14.5. The van der Waals surface area contributed by atoms with E-state index >= 15 is 0 Å². The number of hydrogen-bond donors (Lipinski definition) is 1. The lowest BCUT2D eigenvalue weighted by atomic mass is 9.82. The Kier molecular flexibility index (Phi) is 5.19. The molecule has 3 heteroatoms. The molecule has 0 fully saturated rings. The zero-order chi connectivity index (χ0) is 17.0. The number of rotatable bonds is 5. The van der Waals surface area contributed by atoms with Crippen LogP contribution in [0.25, 0.3) is 11.1 Å². The quantitative estimate of drug-likeness (QED) is 0.862. The third-order valence-electron chi connectivity index (χ3n) is 4.01. The van der Waals surface area contributed by atoms with E-state index in [0.29, 0.717) is 23.6 Å². The Hall–Kier alpha value is -2.16. The summed E-state index contributed by atoms with van der Waals surface area (Å²) in [6.45, 7) is 8.34. The molecule has 2 aromatic rings. The summed E-state index contributed by atoms with van der Waals surface area (Å²) in [6, 6.07) is 14.5. The van der Waals surface area contributed by atoms with Crippen LogP contribution in [0.15, 0.2) is 48.5 Å². The van der Waals surface area contributed by atoms with Crippen molar-refractivity contribution in [3.05, 3.63) is 59.9 Å². The third kappa shape index (κ3) is 3.98. The summed E-state index contributed by atoms with van der Waals surface area (Å²) < 4.78 is 14.5. The van der Waals surface area contributed by atoms with E-state index in [9.17, 15) is 9.18 Å². The Morgan fingerprint density at radius 1 is 1.13 bits per heavy atom. The van der Waals surface area contributed by atoms with Crippen molar-refractivity contribution in [1.82, 2.24) is 5.32 Å². The number of nitrogens with one attached hydrogen (secondary N) is 1. The summed E-state index contributed by atoms with van der Waals surface area (Å²) in [7, 11) is 0. The van der Waals surface area contributed by atoms with Crippen LogP contribution in [0.1, 0.15) is 33.3 Å². The van der Waals surface area contributed by atoms with E-state index in [-0.39, 0.29) is 11.7 Å². The largest absolute Gasteiger partial charge is 0.355 e. The number of halogens is 1. The first-order valence-electron chi connectivity index (χ1n) is 7.96. The molecular formula is C20H24FNO. The summed E-state index contributed by atoms with van der Waals surface area (Å²) in [5, 5.41) is 2.93. The minimum Gasteiger partial charge on any atom is -0.355 e. The lowest BCUT2D eigenvalue weighted by Gasteiger charge is -2.25. The molecule has 1 N–H and O–H groups in total. The molecule has 2 aromatic carbocycles. The first kappa shape index (κ1) is 17.2. The average molecular weight is 313 g/mol. The average Bonchev–Trinajstić information content (AvgIpc) is 2.53. The summed E-state index contributed by atoms with van der Waals surface area (Å²) >= 11 is 0. The van der Waals surface area contributed by atoms with E-state index in [0.717, 1.165) is 5.56 Å². The van der Waals surface area contributed by atoms with Gasteiger partial charge in [-0.15, -0.1) is 0 Å². The van der Waals surface area contributed by atoms with Gasteiger partial charge in [0.25, 0.3) is 0 Å². The maximum atomic E-state index is 14.5. The van der Waals surface area contributed by atoms with Crippen LogP contribution < -0.4 is 5.32 Å². The molecule has 2 rings (SSSR count). The smallest absolute Gasteiger partial charge is 0.230 e. The molecule has 1 amide bonds. The molecule has 122 valence electrons. The molecule has 0 spiro atoms. The normalized spacial score (nSPS) is 11.6. The molecule has 0 unspecified atom stereocenters. The van der Waals surface area contributed by atoms with Crippen molar-refractivity contribution >= 4 is 5.91 Å². The first-order valence-corrected chi connectivity index (χ1v) is 7.96. The van der Waals surface area contributed by atoms with E-state index in [1.54, 1.807) is 6.07 Å². The fourth-order valence-corrected chi connectivity index (χ4v) is 2.40. The summed E-state index contributed by atoms with van der Waals surface area (Å²) in [5.41, 5.74) is 1.28. The van der Waals surface area contributed by atoms with Gasteiger partial charge < -0.3 is 5.32 Å². The fourth-order valence-electron chi connectivity index (χ4n) is 2.40. The summed E-state index contributed by atoms with van der Waals surface area (Å²) in [6.07, 6.45) is 0. The maximum Gasteiger partial charge on any atom is 0.230 e. The molecule has 0 radical (unpaired) electrons. The first-order chi connectivity index (χ1) is 10.8. The van der Waals surface area contributed by atoms with E-state index in [1.807, 2.05) is 64.1 Å². The van der Waals surface area contributed by atoms with Gasteiger partial charge in [-0.25, -0.2) is 4.39 Å². The van der Waals surface area contributed by atoms with Gasteiger partial charge in [0.1, 0.15) is 5.82 Å². The van der Waals surface area contributed by atoms with Crippen molar-refractivity contribution in [3.63, 3.8) is 0 Å². The van der Waals surface area contributed by atoms with E-state index in [2.05, 4.69) is 5.32 Å². The van der Waals surface area contributed by atoms with Crippen molar-refractivity contribution in [1.29, 1.82) is 0 Å². The second-order valence-corrected chi connectivity index (χ2v) is 6.79. The molecule has 0 aliphatic rings. The van der Waals surface area contributed by atoms with Gasteiger partial charge in [-0.2, -0.15) is 0 Å². The highest BCUT2D eigenvalue weighted by atomic mass is 19.1. The number of carbonyl (C=O) groups is 1. The van der Waals surface area contributed by atoms with Crippen LogP contribution in [0.3, 0.4) is 0 Å². The van der Waals surface area contributed by atoms with Crippen LogP contribution in [0.4, 0.5) is 4.39 Å². The molecule has 0 saturated carbocycles. The van der Waals surface area contributed by atoms with Crippen LogP contribution in [-0.2, 0) is 10.2 Å². The van der Waals surface area contributed by atoms with E-state index in [1.165, 1.54) is 6.07 Å². The van der Waals surface area contributed by atoms with Gasteiger partial charge in [0.15, 0.2) is 0 Å². The molecule has 0 aliphatic heterocycles. The predicted molar refractivity (Wildman–Crippen MR) is 92.7 cm³/mol. The SMILES string of the molecule is CC(C)CNC(=O)C(C)(C)c1ccc(-c2ccccc2)c(F)c1. The molecule has 2 nitrogen and oxygen atoms in total. The lowest BCUT2D eigenvalue weighted by Crippen LogP contribution is -2.41. The van der Waals surface area contributed by atoms with Gasteiger partial charge in [0, 0.05) is 12.1 Å². The van der Waals surface area contributed by atoms with Crippen LogP contribution in [0.2, 0.25) is 0 Å². The molecule has 0 atom stereocenters. The minimum absolute atomic E-state index is 0.0851. The highest BCUT2D eigenvalue weighted by Gasteiger charge is 2.30. The molecule has 0 bridgehead atoms. The summed E-state index contributed by atoms with van der Waals surface area (Å²) in [5.74, 6) is -0.0107. The Morgan fingerprint density at radius 3 is 2.35 bits per heavy atom. The summed E-state index contributed by atoms with van der Waals surface area (Å²) in [4.78, 5) is 12.4. The van der Waals surface area contributed by atoms with Crippen molar-refractivity contribution < 1.29 is 9.18 Å². The van der Waals surface area contributed by atoms with Crippen molar-refractivity contribution in [3.8, 4) is 11.1 Å². The van der Waals surface area contributed by atoms with Crippen molar-refractivity contribution in [2.24, 2.45) is 5.92 Å². The Labute approximate surface area is 137 Å².